The molecule has 0 spiro atoms. The van der Waals surface area contributed by atoms with E-state index in [2.05, 4.69) is 10.0 Å². The normalized spacial score (nSPS) is 11.4. The zero-order valence-electron chi connectivity index (χ0n) is 13.8. The lowest BCUT2D eigenvalue weighted by Gasteiger charge is -2.11. The van der Waals surface area contributed by atoms with Gasteiger partial charge in [0.1, 0.15) is 5.75 Å². The van der Waals surface area contributed by atoms with Gasteiger partial charge in [-0.1, -0.05) is 11.6 Å². The van der Waals surface area contributed by atoms with Crippen molar-refractivity contribution in [1.82, 2.24) is 4.72 Å². The Morgan fingerprint density at radius 3 is 2.24 bits per heavy atom. The predicted octanol–water partition coefficient (Wildman–Crippen LogP) is 3.04. The van der Waals surface area contributed by atoms with Crippen LogP contribution >= 0.6 is 11.6 Å². The maximum atomic E-state index is 12.2. The number of ether oxygens (including phenoxy) is 1. The maximum Gasteiger partial charge on any atom is 0.241 e. The molecule has 134 valence electrons. The first-order chi connectivity index (χ1) is 11.8. The van der Waals surface area contributed by atoms with Crippen molar-refractivity contribution >= 4 is 33.2 Å². The molecule has 2 N–H and O–H groups in total. The van der Waals surface area contributed by atoms with E-state index in [1.54, 1.807) is 36.4 Å². The van der Waals surface area contributed by atoms with Crippen LogP contribution in [0.15, 0.2) is 53.4 Å². The first kappa shape index (κ1) is 19.2. The van der Waals surface area contributed by atoms with Crippen molar-refractivity contribution in [3.63, 3.8) is 0 Å². The minimum Gasteiger partial charge on any atom is -0.491 e. The van der Waals surface area contributed by atoms with Crippen LogP contribution in [0.5, 0.6) is 5.75 Å². The molecule has 2 aromatic rings. The predicted molar refractivity (Wildman–Crippen MR) is 97.5 cm³/mol. The van der Waals surface area contributed by atoms with Crippen molar-refractivity contribution in [3.8, 4) is 5.75 Å². The number of carbonyl (C=O) groups excluding carboxylic acids is 1. The third-order valence-corrected chi connectivity index (χ3v) is 4.73. The number of hydrogen-bond donors (Lipinski definition) is 2. The molecular weight excluding hydrogens is 364 g/mol. The van der Waals surface area contributed by atoms with Crippen LogP contribution in [0.3, 0.4) is 0 Å². The SMILES string of the molecule is CC(C)Oc1ccc(S(=O)(=O)NCC(=O)Nc2ccc(Cl)cc2)cc1. The van der Waals surface area contributed by atoms with Crippen LogP contribution in [0.1, 0.15) is 13.8 Å². The zero-order valence-corrected chi connectivity index (χ0v) is 15.4. The molecule has 0 unspecified atom stereocenters. The number of anilines is 1. The standard InChI is InChI=1S/C17H19ClN2O4S/c1-12(2)24-15-7-9-16(10-8-15)25(22,23)19-11-17(21)20-14-5-3-13(18)4-6-14/h3-10,12,19H,11H2,1-2H3,(H,20,21). The molecule has 0 heterocycles. The van der Waals surface area contributed by atoms with Gasteiger partial charge >= 0.3 is 0 Å². The molecule has 0 aliphatic heterocycles. The molecule has 25 heavy (non-hydrogen) atoms. The lowest BCUT2D eigenvalue weighted by atomic mass is 10.3. The minimum atomic E-state index is -3.79. The molecule has 0 saturated carbocycles. The highest BCUT2D eigenvalue weighted by Gasteiger charge is 2.15. The largest absolute Gasteiger partial charge is 0.491 e. The van der Waals surface area contributed by atoms with Crippen LogP contribution in [-0.2, 0) is 14.8 Å². The lowest BCUT2D eigenvalue weighted by Crippen LogP contribution is -2.32. The molecule has 1 amide bonds. The lowest BCUT2D eigenvalue weighted by molar-refractivity contribution is -0.115. The van der Waals surface area contributed by atoms with Crippen LogP contribution in [0, 0.1) is 0 Å². The number of hydrogen-bond acceptors (Lipinski definition) is 4. The smallest absolute Gasteiger partial charge is 0.241 e. The molecule has 8 heteroatoms. The summed E-state index contributed by atoms with van der Waals surface area (Å²) in [6.45, 7) is 3.38. The first-order valence-corrected chi connectivity index (χ1v) is 9.44. The van der Waals surface area contributed by atoms with E-state index in [1.165, 1.54) is 12.1 Å². The van der Waals surface area contributed by atoms with Gasteiger partial charge in [0.25, 0.3) is 0 Å². The van der Waals surface area contributed by atoms with Gasteiger partial charge in [-0.05, 0) is 62.4 Å². The van der Waals surface area contributed by atoms with Gasteiger partial charge in [0, 0.05) is 10.7 Å². The second-order valence-corrected chi connectivity index (χ2v) is 7.72. The molecule has 0 aliphatic carbocycles. The summed E-state index contributed by atoms with van der Waals surface area (Å²) < 4.78 is 32.2. The summed E-state index contributed by atoms with van der Waals surface area (Å²) in [5.41, 5.74) is 0.531. The van der Waals surface area contributed by atoms with E-state index in [0.717, 1.165) is 0 Å². The molecule has 0 radical (unpaired) electrons. The van der Waals surface area contributed by atoms with Crippen molar-refractivity contribution in [1.29, 1.82) is 0 Å². The van der Waals surface area contributed by atoms with Gasteiger partial charge in [-0.2, -0.15) is 0 Å². The van der Waals surface area contributed by atoms with E-state index >= 15 is 0 Å². The van der Waals surface area contributed by atoms with E-state index in [-0.39, 0.29) is 17.5 Å². The van der Waals surface area contributed by atoms with E-state index in [1.807, 2.05) is 13.8 Å². The summed E-state index contributed by atoms with van der Waals surface area (Å²) in [6, 6.07) is 12.5. The quantitative estimate of drug-likeness (QED) is 0.770. The highest BCUT2D eigenvalue weighted by atomic mass is 35.5. The fourth-order valence-electron chi connectivity index (χ4n) is 1.95. The molecule has 0 saturated heterocycles. The van der Waals surface area contributed by atoms with E-state index in [0.29, 0.717) is 16.5 Å². The molecule has 0 aromatic heterocycles. The van der Waals surface area contributed by atoms with Crippen LogP contribution in [0.4, 0.5) is 5.69 Å². The van der Waals surface area contributed by atoms with Gasteiger partial charge in [0.2, 0.25) is 15.9 Å². The van der Waals surface area contributed by atoms with Gasteiger partial charge in [-0.25, -0.2) is 13.1 Å². The van der Waals surface area contributed by atoms with E-state index < -0.39 is 15.9 Å². The molecule has 0 bridgehead atoms. The maximum absolute atomic E-state index is 12.2. The Kier molecular flexibility index (Phi) is 6.41. The number of benzene rings is 2. The van der Waals surface area contributed by atoms with Gasteiger partial charge in [-0.15, -0.1) is 0 Å². The Hall–Kier alpha value is -2.09. The Balaban J connectivity index is 1.94. The third kappa shape index (κ3) is 6.04. The topological polar surface area (TPSA) is 84.5 Å². The number of amides is 1. The number of rotatable bonds is 7. The minimum absolute atomic E-state index is 0.00264. The van der Waals surface area contributed by atoms with Gasteiger partial charge in [-0.3, -0.25) is 4.79 Å². The zero-order chi connectivity index (χ0) is 18.4. The highest BCUT2D eigenvalue weighted by Crippen LogP contribution is 2.17. The molecule has 2 aromatic carbocycles. The van der Waals surface area contributed by atoms with Gasteiger partial charge in [0.15, 0.2) is 0 Å². The Morgan fingerprint density at radius 1 is 1.08 bits per heavy atom. The molecule has 0 aliphatic rings. The summed E-state index contributed by atoms with van der Waals surface area (Å²) in [6.07, 6.45) is -0.00264. The van der Waals surface area contributed by atoms with Crippen LogP contribution in [0.2, 0.25) is 5.02 Å². The second-order valence-electron chi connectivity index (χ2n) is 5.52. The monoisotopic (exact) mass is 382 g/mol. The Bertz CT molecular complexity index is 819. The second kappa shape index (κ2) is 8.33. The molecule has 0 fully saturated rings. The molecule has 2 rings (SSSR count). The Labute approximate surface area is 152 Å². The fraction of sp³-hybridized carbons (Fsp3) is 0.235. The number of carbonyl (C=O) groups is 1. The molecular formula is C17H19ClN2O4S. The number of sulfonamides is 1. The average molecular weight is 383 g/mol. The Morgan fingerprint density at radius 2 is 1.68 bits per heavy atom. The van der Waals surface area contributed by atoms with Crippen molar-refractivity contribution in [2.75, 3.05) is 11.9 Å². The summed E-state index contributed by atoms with van der Waals surface area (Å²) in [7, 11) is -3.79. The van der Waals surface area contributed by atoms with Crippen molar-refractivity contribution < 1.29 is 17.9 Å². The van der Waals surface area contributed by atoms with E-state index in [4.69, 9.17) is 16.3 Å². The van der Waals surface area contributed by atoms with Crippen molar-refractivity contribution in [2.45, 2.75) is 24.8 Å². The molecule has 6 nitrogen and oxygen atoms in total. The summed E-state index contributed by atoms with van der Waals surface area (Å²) in [5.74, 6) is 0.0973. The van der Waals surface area contributed by atoms with Crippen LogP contribution < -0.4 is 14.8 Å². The fourth-order valence-corrected chi connectivity index (χ4v) is 3.06. The average Bonchev–Trinajstić information content (AvgIpc) is 2.55. The number of halogens is 1. The van der Waals surface area contributed by atoms with Crippen molar-refractivity contribution in [3.05, 3.63) is 53.6 Å². The first-order valence-electron chi connectivity index (χ1n) is 7.58. The van der Waals surface area contributed by atoms with Gasteiger partial charge < -0.3 is 10.1 Å². The van der Waals surface area contributed by atoms with E-state index in [9.17, 15) is 13.2 Å². The summed E-state index contributed by atoms with van der Waals surface area (Å²) in [4.78, 5) is 11.9. The third-order valence-electron chi connectivity index (χ3n) is 3.06. The van der Waals surface area contributed by atoms with Crippen LogP contribution in [-0.4, -0.2) is 27.0 Å². The molecule has 0 atom stereocenters. The summed E-state index contributed by atoms with van der Waals surface area (Å²) in [5, 5.41) is 3.12. The van der Waals surface area contributed by atoms with Crippen LogP contribution in [0.25, 0.3) is 0 Å². The highest BCUT2D eigenvalue weighted by molar-refractivity contribution is 7.89. The van der Waals surface area contributed by atoms with Gasteiger partial charge in [0.05, 0.1) is 17.5 Å². The van der Waals surface area contributed by atoms with Crippen molar-refractivity contribution in [2.24, 2.45) is 0 Å². The summed E-state index contributed by atoms with van der Waals surface area (Å²) >= 11 is 5.76. The number of nitrogens with one attached hydrogen (secondary N) is 2.